The predicted molar refractivity (Wildman–Crippen MR) is 81.5 cm³/mol. The number of nitrogens with one attached hydrogen (secondary N) is 2. The van der Waals surface area contributed by atoms with Crippen LogP contribution in [0.1, 0.15) is 59.8 Å². The number of hydrogen-bond donors (Lipinski definition) is 2. The van der Waals surface area contributed by atoms with Crippen LogP contribution in [-0.2, 0) is 9.84 Å². The molecule has 2 N–H and O–H groups in total. The van der Waals surface area contributed by atoms with Gasteiger partial charge in [-0.2, -0.15) is 0 Å². The summed E-state index contributed by atoms with van der Waals surface area (Å²) in [5.74, 6) is 0.271. The zero-order valence-corrected chi connectivity index (χ0v) is 12.6. The van der Waals surface area contributed by atoms with E-state index in [0.717, 1.165) is 32.1 Å². The number of hydrogen-bond acceptors (Lipinski definition) is 3. The summed E-state index contributed by atoms with van der Waals surface area (Å²) in [7, 11) is -3.05. The van der Waals surface area contributed by atoms with E-state index in [4.69, 9.17) is 0 Å². The van der Waals surface area contributed by atoms with Gasteiger partial charge in [0.2, 0.25) is 0 Å². The smallest absolute Gasteiger partial charge is 0.315 e. The molecule has 118 valence electrons. The summed E-state index contributed by atoms with van der Waals surface area (Å²) in [6.45, 7) is 3.79. The average Bonchev–Trinajstić information content (AvgIpc) is 2.84. The summed E-state index contributed by atoms with van der Waals surface area (Å²) in [6.07, 6.45) is 4.96. The topological polar surface area (TPSA) is 75.3 Å². The van der Waals surface area contributed by atoms with E-state index in [0.29, 0.717) is 6.42 Å². The van der Waals surface area contributed by atoms with Crippen molar-refractivity contribution in [1.82, 2.24) is 10.6 Å². The summed E-state index contributed by atoms with van der Waals surface area (Å²) in [4.78, 5) is 12.0. The molecule has 0 aromatic rings. The zero-order valence-electron chi connectivity index (χ0n) is 11.7. The summed E-state index contributed by atoms with van der Waals surface area (Å²) < 4.78 is 24.4. The first-order chi connectivity index (χ1) is 8.86. The Bertz CT molecular complexity index is 439. The molecule has 1 aliphatic carbocycles. The molecule has 2 aliphatic rings. The van der Waals surface area contributed by atoms with Crippen molar-refractivity contribution in [2.75, 3.05) is 5.75 Å². The van der Waals surface area contributed by atoms with Crippen molar-refractivity contribution in [3.05, 3.63) is 0 Å². The molecule has 1 saturated carbocycles. The van der Waals surface area contributed by atoms with Crippen LogP contribution in [0.3, 0.4) is 0 Å². The lowest BCUT2D eigenvalue weighted by atomic mass is 9.90. The van der Waals surface area contributed by atoms with Gasteiger partial charge in [0.15, 0.2) is 9.84 Å². The number of carbonyl (C=O) groups excluding carboxylic acids is 1. The third-order valence-electron chi connectivity index (χ3n) is 4.22. The first kappa shape index (κ1) is 17.3. The zero-order chi connectivity index (χ0) is 14.1. The van der Waals surface area contributed by atoms with Gasteiger partial charge in [-0.15, -0.1) is 0 Å². The van der Waals surface area contributed by atoms with Crippen molar-refractivity contribution < 1.29 is 13.2 Å². The fourth-order valence-corrected chi connectivity index (χ4v) is 5.83. The van der Waals surface area contributed by atoms with Gasteiger partial charge in [-0.25, -0.2) is 13.2 Å². The molecule has 5 nitrogen and oxygen atoms in total. The second-order valence-electron chi connectivity index (χ2n) is 6.11. The van der Waals surface area contributed by atoms with Crippen LogP contribution >= 0.6 is 0 Å². The van der Waals surface area contributed by atoms with Gasteiger partial charge in [0.1, 0.15) is 0 Å². The molecule has 1 unspecified atom stereocenters. The minimum absolute atomic E-state index is 0. The molecule has 0 bridgehead atoms. The first-order valence-corrected chi connectivity index (χ1v) is 8.87. The van der Waals surface area contributed by atoms with Crippen molar-refractivity contribution >= 4 is 15.9 Å². The van der Waals surface area contributed by atoms with Crippen LogP contribution in [0.2, 0.25) is 0 Å². The quantitative estimate of drug-likeness (QED) is 0.839. The van der Waals surface area contributed by atoms with Gasteiger partial charge in [-0.05, 0) is 39.5 Å². The SMILES string of the molecule is C.CC(C)NC(=O)NC1(C2CCCS2(=O)=O)CCCC1. The van der Waals surface area contributed by atoms with Gasteiger partial charge < -0.3 is 10.6 Å². The Kier molecular flexibility index (Phi) is 5.46. The van der Waals surface area contributed by atoms with E-state index in [1.54, 1.807) is 0 Å². The van der Waals surface area contributed by atoms with Gasteiger partial charge in [0.05, 0.1) is 16.5 Å². The molecule has 6 heteroatoms. The summed E-state index contributed by atoms with van der Waals surface area (Å²) in [5.41, 5.74) is -0.533. The summed E-state index contributed by atoms with van der Waals surface area (Å²) in [6, 6.07) is -0.183. The van der Waals surface area contributed by atoms with E-state index in [1.807, 2.05) is 13.8 Å². The third kappa shape index (κ3) is 3.45. The van der Waals surface area contributed by atoms with Crippen LogP contribution in [0.25, 0.3) is 0 Å². The predicted octanol–water partition coefficient (Wildman–Crippen LogP) is 2.22. The van der Waals surface area contributed by atoms with Gasteiger partial charge in [0.25, 0.3) is 0 Å². The molecule has 20 heavy (non-hydrogen) atoms. The minimum atomic E-state index is -3.05. The van der Waals surface area contributed by atoms with Crippen LogP contribution in [-0.4, -0.2) is 37.0 Å². The maximum atomic E-state index is 12.2. The lowest BCUT2D eigenvalue weighted by molar-refractivity contribution is 0.219. The van der Waals surface area contributed by atoms with Crippen LogP contribution in [0.5, 0.6) is 0 Å². The fraction of sp³-hybridized carbons (Fsp3) is 0.929. The summed E-state index contributed by atoms with van der Waals surface area (Å²) >= 11 is 0. The highest BCUT2D eigenvalue weighted by Crippen LogP contribution is 2.40. The molecule has 1 aliphatic heterocycles. The molecule has 2 fully saturated rings. The largest absolute Gasteiger partial charge is 0.336 e. The van der Waals surface area contributed by atoms with Crippen molar-refractivity contribution in [3.8, 4) is 0 Å². The normalized spacial score (nSPS) is 27.1. The number of amides is 2. The number of sulfone groups is 1. The molecule has 0 spiro atoms. The molecular weight excluding hydrogens is 276 g/mol. The molecule has 0 radical (unpaired) electrons. The van der Waals surface area contributed by atoms with E-state index < -0.39 is 15.4 Å². The summed E-state index contributed by atoms with van der Waals surface area (Å²) in [5, 5.41) is 5.40. The van der Waals surface area contributed by atoms with E-state index in [9.17, 15) is 13.2 Å². The fourth-order valence-electron chi connectivity index (χ4n) is 3.47. The lowest BCUT2D eigenvalue weighted by Gasteiger charge is -2.35. The lowest BCUT2D eigenvalue weighted by Crippen LogP contribution is -2.59. The van der Waals surface area contributed by atoms with E-state index in [1.165, 1.54) is 0 Å². The van der Waals surface area contributed by atoms with Crippen molar-refractivity contribution in [1.29, 1.82) is 0 Å². The maximum absolute atomic E-state index is 12.2. The molecule has 1 heterocycles. The molecule has 1 atom stereocenters. The number of rotatable bonds is 3. The second kappa shape index (κ2) is 6.33. The third-order valence-corrected chi connectivity index (χ3v) is 6.63. The van der Waals surface area contributed by atoms with Gasteiger partial charge >= 0.3 is 6.03 Å². The highest BCUT2D eigenvalue weighted by atomic mass is 32.2. The molecule has 2 rings (SSSR count). The molecule has 0 aromatic carbocycles. The van der Waals surface area contributed by atoms with E-state index in [2.05, 4.69) is 10.6 Å². The van der Waals surface area contributed by atoms with Crippen LogP contribution < -0.4 is 10.6 Å². The van der Waals surface area contributed by atoms with Gasteiger partial charge in [-0.3, -0.25) is 0 Å². The van der Waals surface area contributed by atoms with Crippen LogP contribution in [0, 0.1) is 0 Å². The highest BCUT2D eigenvalue weighted by molar-refractivity contribution is 7.92. The molecular formula is C14H28N2O3S. The Hall–Kier alpha value is -0.780. The minimum Gasteiger partial charge on any atom is -0.336 e. The average molecular weight is 304 g/mol. The molecule has 2 amide bonds. The monoisotopic (exact) mass is 304 g/mol. The van der Waals surface area contributed by atoms with Crippen molar-refractivity contribution in [2.45, 2.75) is 76.6 Å². The second-order valence-corrected chi connectivity index (χ2v) is 8.42. The van der Waals surface area contributed by atoms with E-state index in [-0.39, 0.29) is 30.5 Å². The van der Waals surface area contributed by atoms with Crippen LogP contribution in [0.15, 0.2) is 0 Å². The maximum Gasteiger partial charge on any atom is 0.315 e. The van der Waals surface area contributed by atoms with Crippen molar-refractivity contribution in [2.24, 2.45) is 0 Å². The van der Waals surface area contributed by atoms with Crippen molar-refractivity contribution in [3.63, 3.8) is 0 Å². The Morgan fingerprint density at radius 2 is 1.80 bits per heavy atom. The Balaban J connectivity index is 0.00000200. The van der Waals surface area contributed by atoms with Gasteiger partial charge in [-0.1, -0.05) is 20.3 Å². The molecule has 0 aromatic heterocycles. The number of carbonyl (C=O) groups is 1. The highest BCUT2D eigenvalue weighted by Gasteiger charge is 2.50. The standard InChI is InChI=1S/C13H24N2O3S.CH4/c1-10(2)14-12(16)15-13(7-3-4-8-13)11-6-5-9-19(11,17)18;/h10-11H,3-9H2,1-2H3,(H2,14,15,16);1H4. The Labute approximate surface area is 122 Å². The first-order valence-electron chi connectivity index (χ1n) is 7.16. The van der Waals surface area contributed by atoms with Gasteiger partial charge in [0, 0.05) is 6.04 Å². The molecule has 1 saturated heterocycles. The van der Waals surface area contributed by atoms with E-state index >= 15 is 0 Å². The Morgan fingerprint density at radius 1 is 1.20 bits per heavy atom. The van der Waals surface area contributed by atoms with Crippen LogP contribution in [0.4, 0.5) is 4.79 Å². The Morgan fingerprint density at radius 3 is 2.25 bits per heavy atom. The number of urea groups is 1.